The Labute approximate surface area is 101 Å². The van der Waals surface area contributed by atoms with E-state index in [0.717, 1.165) is 6.42 Å². The zero-order valence-corrected chi connectivity index (χ0v) is 10.8. The van der Waals surface area contributed by atoms with Crippen molar-refractivity contribution >= 4 is 21.4 Å². The molecule has 1 aromatic rings. The van der Waals surface area contributed by atoms with Crippen molar-refractivity contribution in [3.63, 3.8) is 0 Å². The molecule has 0 bridgehead atoms. The maximum Gasteiger partial charge on any atom is 0.232 e. The second-order valence-corrected chi connectivity index (χ2v) is 5.56. The van der Waals surface area contributed by atoms with Gasteiger partial charge in [-0.1, -0.05) is 13.3 Å². The van der Waals surface area contributed by atoms with Crippen LogP contribution in [0.5, 0.6) is 0 Å². The lowest BCUT2D eigenvalue weighted by Crippen LogP contribution is -2.17. The highest BCUT2D eigenvalue weighted by Crippen LogP contribution is 2.20. The van der Waals surface area contributed by atoms with Crippen molar-refractivity contribution in [2.45, 2.75) is 19.8 Å². The average molecular weight is 260 g/mol. The molecule has 0 atom stereocenters. The molecule has 1 aromatic carbocycles. The van der Waals surface area contributed by atoms with Crippen LogP contribution in [0.3, 0.4) is 0 Å². The summed E-state index contributed by atoms with van der Waals surface area (Å²) < 4.78 is 38.9. The number of hydrogen-bond donors (Lipinski definition) is 2. The van der Waals surface area contributed by atoms with Crippen molar-refractivity contribution in [3.05, 3.63) is 24.0 Å². The van der Waals surface area contributed by atoms with Crippen LogP contribution >= 0.6 is 0 Å². The highest BCUT2D eigenvalue weighted by Gasteiger charge is 2.12. The van der Waals surface area contributed by atoms with E-state index < -0.39 is 15.8 Å². The molecule has 2 N–H and O–H groups in total. The van der Waals surface area contributed by atoms with Crippen LogP contribution in [-0.4, -0.2) is 21.2 Å². The van der Waals surface area contributed by atoms with E-state index >= 15 is 0 Å². The number of benzene rings is 1. The number of sulfonamides is 1. The van der Waals surface area contributed by atoms with Gasteiger partial charge >= 0.3 is 0 Å². The smallest absolute Gasteiger partial charge is 0.232 e. The summed E-state index contributed by atoms with van der Waals surface area (Å²) in [4.78, 5) is 0. The monoisotopic (exact) mass is 260 g/mol. The summed E-state index contributed by atoms with van der Waals surface area (Å²) in [6.07, 6.45) is 1.34. The fourth-order valence-corrected chi connectivity index (χ4v) is 2.57. The molecule has 0 aliphatic carbocycles. The van der Waals surface area contributed by atoms with Crippen LogP contribution in [0.2, 0.25) is 0 Å². The molecule has 0 spiro atoms. The first-order valence-electron chi connectivity index (χ1n) is 5.46. The van der Waals surface area contributed by atoms with Crippen molar-refractivity contribution in [3.8, 4) is 0 Å². The Morgan fingerprint density at radius 2 is 2.06 bits per heavy atom. The van der Waals surface area contributed by atoms with Crippen LogP contribution in [-0.2, 0) is 10.0 Å². The van der Waals surface area contributed by atoms with Gasteiger partial charge in [0.25, 0.3) is 0 Å². The Hall–Kier alpha value is -1.30. The van der Waals surface area contributed by atoms with Gasteiger partial charge in [0.05, 0.1) is 11.4 Å². The Kier molecular flexibility index (Phi) is 4.74. The maximum atomic E-state index is 13.4. The van der Waals surface area contributed by atoms with Crippen LogP contribution in [0.4, 0.5) is 15.8 Å². The molecule has 96 valence electrons. The molecule has 0 saturated heterocycles. The lowest BCUT2D eigenvalue weighted by molar-refractivity contribution is 0.595. The van der Waals surface area contributed by atoms with Crippen molar-refractivity contribution in [2.75, 3.05) is 22.8 Å². The third kappa shape index (κ3) is 4.22. The molecule has 4 nitrogen and oxygen atoms in total. The van der Waals surface area contributed by atoms with E-state index in [1.54, 1.807) is 13.1 Å². The summed E-state index contributed by atoms with van der Waals surface area (Å²) in [5.74, 6) is -0.573. The van der Waals surface area contributed by atoms with Gasteiger partial charge in [0.15, 0.2) is 0 Å². The van der Waals surface area contributed by atoms with Gasteiger partial charge < -0.3 is 5.32 Å². The van der Waals surface area contributed by atoms with Crippen LogP contribution in [0.15, 0.2) is 18.2 Å². The van der Waals surface area contributed by atoms with E-state index in [4.69, 9.17) is 0 Å². The molecule has 0 aliphatic rings. The topological polar surface area (TPSA) is 58.2 Å². The molecule has 6 heteroatoms. The molecular formula is C11H17FN2O2S. The number of unbranched alkanes of at least 4 members (excludes halogenated alkanes) is 1. The van der Waals surface area contributed by atoms with Crippen molar-refractivity contribution in [1.82, 2.24) is 0 Å². The fraction of sp³-hybridized carbons (Fsp3) is 0.455. The molecule has 0 aliphatic heterocycles. The van der Waals surface area contributed by atoms with Crippen LogP contribution in [0, 0.1) is 5.82 Å². The van der Waals surface area contributed by atoms with Gasteiger partial charge in [-0.25, -0.2) is 12.8 Å². The summed E-state index contributed by atoms with van der Waals surface area (Å²) in [7, 11) is -1.78. The number of halogens is 1. The third-order valence-corrected chi connectivity index (χ3v) is 3.64. The van der Waals surface area contributed by atoms with E-state index in [-0.39, 0.29) is 11.4 Å². The Bertz CT molecular complexity index is 474. The zero-order valence-electron chi connectivity index (χ0n) is 9.96. The zero-order chi connectivity index (χ0) is 12.9. The van der Waals surface area contributed by atoms with Gasteiger partial charge in [-0.3, -0.25) is 4.72 Å². The minimum absolute atomic E-state index is 0.00667. The number of anilines is 2. The van der Waals surface area contributed by atoms with Crippen molar-refractivity contribution in [2.24, 2.45) is 0 Å². The number of hydrogen-bond acceptors (Lipinski definition) is 3. The fourth-order valence-electron chi connectivity index (χ4n) is 1.31. The lowest BCUT2D eigenvalue weighted by atomic mass is 10.3. The second-order valence-electron chi connectivity index (χ2n) is 3.72. The van der Waals surface area contributed by atoms with Gasteiger partial charge in [-0.15, -0.1) is 0 Å². The molecule has 17 heavy (non-hydrogen) atoms. The molecule has 0 amide bonds. The minimum atomic E-state index is -3.46. The molecule has 0 unspecified atom stereocenters. The predicted molar refractivity (Wildman–Crippen MR) is 68.3 cm³/mol. The van der Waals surface area contributed by atoms with Gasteiger partial charge in [0.2, 0.25) is 10.0 Å². The van der Waals surface area contributed by atoms with Crippen LogP contribution < -0.4 is 10.0 Å². The maximum absolute atomic E-state index is 13.4. The van der Waals surface area contributed by atoms with Gasteiger partial charge in [-0.2, -0.15) is 0 Å². The summed E-state index contributed by atoms with van der Waals surface area (Å²) in [5, 5.41) is 2.82. The first-order valence-corrected chi connectivity index (χ1v) is 7.11. The van der Waals surface area contributed by atoms with E-state index in [0.29, 0.717) is 12.1 Å². The third-order valence-electron chi connectivity index (χ3n) is 2.29. The summed E-state index contributed by atoms with van der Waals surface area (Å²) in [5.41, 5.74) is 0.632. The van der Waals surface area contributed by atoms with E-state index in [2.05, 4.69) is 10.0 Å². The second kappa shape index (κ2) is 5.86. The van der Waals surface area contributed by atoms with Crippen molar-refractivity contribution in [1.29, 1.82) is 0 Å². The quantitative estimate of drug-likeness (QED) is 0.825. The van der Waals surface area contributed by atoms with Crippen LogP contribution in [0.25, 0.3) is 0 Å². The molecular weight excluding hydrogens is 243 g/mol. The summed E-state index contributed by atoms with van der Waals surface area (Å²) >= 11 is 0. The normalized spacial score (nSPS) is 11.2. The van der Waals surface area contributed by atoms with Gasteiger partial charge in [-0.05, 0) is 24.6 Å². The first kappa shape index (κ1) is 13.8. The molecule has 0 aromatic heterocycles. The van der Waals surface area contributed by atoms with Gasteiger partial charge in [0.1, 0.15) is 5.82 Å². The first-order chi connectivity index (χ1) is 7.98. The van der Waals surface area contributed by atoms with E-state index in [1.807, 2.05) is 6.92 Å². The highest BCUT2D eigenvalue weighted by atomic mass is 32.2. The van der Waals surface area contributed by atoms with Crippen LogP contribution in [0.1, 0.15) is 19.8 Å². The lowest BCUT2D eigenvalue weighted by Gasteiger charge is -2.10. The highest BCUT2D eigenvalue weighted by molar-refractivity contribution is 7.92. The van der Waals surface area contributed by atoms with E-state index in [1.165, 1.54) is 12.1 Å². The SMILES string of the molecule is CCCCS(=O)(=O)Nc1cc(NC)ccc1F. The molecule has 0 saturated carbocycles. The van der Waals surface area contributed by atoms with E-state index in [9.17, 15) is 12.8 Å². The summed E-state index contributed by atoms with van der Waals surface area (Å²) in [6.45, 7) is 1.90. The Morgan fingerprint density at radius 1 is 1.35 bits per heavy atom. The minimum Gasteiger partial charge on any atom is -0.388 e. The molecule has 1 rings (SSSR count). The molecule has 0 radical (unpaired) electrons. The Morgan fingerprint density at radius 3 is 2.65 bits per heavy atom. The average Bonchev–Trinajstić information content (AvgIpc) is 2.29. The van der Waals surface area contributed by atoms with Gasteiger partial charge in [0, 0.05) is 12.7 Å². The predicted octanol–water partition coefficient (Wildman–Crippen LogP) is 2.41. The molecule has 0 heterocycles. The summed E-state index contributed by atoms with van der Waals surface area (Å²) in [6, 6.07) is 4.20. The van der Waals surface area contributed by atoms with Crippen molar-refractivity contribution < 1.29 is 12.8 Å². The largest absolute Gasteiger partial charge is 0.388 e. The standard InChI is InChI=1S/C11H17FN2O2S/c1-3-4-7-17(15,16)14-11-8-9(13-2)5-6-10(11)12/h5-6,8,13-14H,3-4,7H2,1-2H3. The number of nitrogens with one attached hydrogen (secondary N) is 2. The molecule has 0 fully saturated rings. The Balaban J connectivity index is 2.87. The number of rotatable bonds is 6.